The molecule has 1 N–H and O–H groups in total. The van der Waals surface area contributed by atoms with E-state index in [0.29, 0.717) is 18.8 Å². The highest BCUT2D eigenvalue weighted by Crippen LogP contribution is 2.15. The molecule has 0 spiro atoms. The molecule has 7 nitrogen and oxygen atoms in total. The summed E-state index contributed by atoms with van der Waals surface area (Å²) in [7, 11) is 1.34. The summed E-state index contributed by atoms with van der Waals surface area (Å²) in [6.45, 7) is 3.34. The fourth-order valence-corrected chi connectivity index (χ4v) is 2.33. The Morgan fingerprint density at radius 2 is 2.38 bits per heavy atom. The van der Waals surface area contributed by atoms with Crippen LogP contribution in [-0.2, 0) is 14.3 Å². The molecule has 0 saturated carbocycles. The Morgan fingerprint density at radius 3 is 2.95 bits per heavy atom. The molecule has 7 heteroatoms. The van der Waals surface area contributed by atoms with Crippen LogP contribution in [0.15, 0.2) is 6.07 Å². The Morgan fingerprint density at radius 1 is 1.57 bits per heavy atom. The van der Waals surface area contributed by atoms with E-state index in [0.717, 1.165) is 25.1 Å². The summed E-state index contributed by atoms with van der Waals surface area (Å²) in [6, 6.07) is 1.70. The van der Waals surface area contributed by atoms with E-state index in [2.05, 4.69) is 14.9 Å². The van der Waals surface area contributed by atoms with Crippen molar-refractivity contribution in [2.45, 2.75) is 32.3 Å². The van der Waals surface area contributed by atoms with Crippen molar-refractivity contribution in [2.24, 2.45) is 0 Å². The predicted molar refractivity (Wildman–Crippen MR) is 74.8 cm³/mol. The second-order valence-electron chi connectivity index (χ2n) is 5.15. The van der Waals surface area contributed by atoms with Crippen molar-refractivity contribution >= 4 is 11.9 Å². The number of hydrogen-bond donors (Lipinski definition) is 1. The van der Waals surface area contributed by atoms with Crippen molar-refractivity contribution in [3.8, 4) is 0 Å². The van der Waals surface area contributed by atoms with Gasteiger partial charge in [-0.1, -0.05) is 0 Å². The average Bonchev–Trinajstić information content (AvgIpc) is 3.13. The number of esters is 1. The molecule has 1 amide bonds. The molecule has 2 rings (SSSR count). The standard InChI is InChI=1S/C14H21N3O4/c1-10-8-12(16-15-10)14(19)17(6-5-13(18)20-2)9-11-4-3-7-21-11/h8,11H,3-7,9H2,1-2H3,(H,15,16). The molecule has 0 radical (unpaired) electrons. The SMILES string of the molecule is COC(=O)CCN(CC1CCCO1)C(=O)c1cc(C)[nH]n1. The van der Waals surface area contributed by atoms with Crippen LogP contribution in [0.5, 0.6) is 0 Å². The minimum absolute atomic E-state index is 0.0339. The van der Waals surface area contributed by atoms with Gasteiger partial charge in [-0.05, 0) is 25.8 Å². The smallest absolute Gasteiger partial charge is 0.307 e. The van der Waals surface area contributed by atoms with Crippen molar-refractivity contribution in [3.63, 3.8) is 0 Å². The Balaban J connectivity index is 2.02. The third kappa shape index (κ3) is 4.29. The fraction of sp³-hybridized carbons (Fsp3) is 0.643. The normalized spacial score (nSPS) is 17.7. The number of nitrogens with zero attached hydrogens (tertiary/aromatic N) is 2. The zero-order valence-corrected chi connectivity index (χ0v) is 12.4. The molecule has 1 fully saturated rings. The van der Waals surface area contributed by atoms with Gasteiger partial charge in [0, 0.05) is 25.4 Å². The van der Waals surface area contributed by atoms with Gasteiger partial charge in [0.05, 0.1) is 19.6 Å². The van der Waals surface area contributed by atoms with E-state index < -0.39 is 0 Å². The van der Waals surface area contributed by atoms with Gasteiger partial charge in [0.25, 0.3) is 5.91 Å². The fourth-order valence-electron chi connectivity index (χ4n) is 2.33. The van der Waals surface area contributed by atoms with Crippen LogP contribution in [0.1, 0.15) is 35.4 Å². The summed E-state index contributed by atoms with van der Waals surface area (Å²) < 4.78 is 10.2. The first kappa shape index (κ1) is 15.5. The summed E-state index contributed by atoms with van der Waals surface area (Å²) in [5, 5.41) is 6.74. The number of methoxy groups -OCH3 is 1. The van der Waals surface area contributed by atoms with Crippen LogP contribution in [-0.4, -0.2) is 59.9 Å². The third-order valence-electron chi connectivity index (χ3n) is 3.47. The minimum atomic E-state index is -0.335. The van der Waals surface area contributed by atoms with E-state index in [4.69, 9.17) is 4.74 Å². The molecule has 116 valence electrons. The van der Waals surface area contributed by atoms with E-state index in [1.165, 1.54) is 7.11 Å². The maximum Gasteiger partial charge on any atom is 0.307 e. The van der Waals surface area contributed by atoms with Gasteiger partial charge in [-0.25, -0.2) is 0 Å². The number of hydrogen-bond acceptors (Lipinski definition) is 5. The van der Waals surface area contributed by atoms with Crippen molar-refractivity contribution in [1.82, 2.24) is 15.1 Å². The van der Waals surface area contributed by atoms with Gasteiger partial charge in [0.15, 0.2) is 0 Å². The van der Waals surface area contributed by atoms with Crippen LogP contribution >= 0.6 is 0 Å². The molecule has 1 unspecified atom stereocenters. The van der Waals surface area contributed by atoms with Gasteiger partial charge in [-0.3, -0.25) is 14.7 Å². The van der Waals surface area contributed by atoms with Crippen molar-refractivity contribution in [1.29, 1.82) is 0 Å². The van der Waals surface area contributed by atoms with Crippen molar-refractivity contribution < 1.29 is 19.1 Å². The molecule has 1 saturated heterocycles. The molecular weight excluding hydrogens is 274 g/mol. The molecule has 1 atom stereocenters. The average molecular weight is 295 g/mol. The van der Waals surface area contributed by atoms with E-state index in [-0.39, 0.29) is 24.4 Å². The van der Waals surface area contributed by atoms with Gasteiger partial charge in [-0.15, -0.1) is 0 Å². The Bertz CT molecular complexity index is 494. The van der Waals surface area contributed by atoms with E-state index in [1.807, 2.05) is 6.92 Å². The number of aryl methyl sites for hydroxylation is 1. The summed E-state index contributed by atoms with van der Waals surface area (Å²) in [5.41, 5.74) is 1.18. The number of aromatic nitrogens is 2. The monoisotopic (exact) mass is 295 g/mol. The highest BCUT2D eigenvalue weighted by molar-refractivity contribution is 5.92. The quantitative estimate of drug-likeness (QED) is 0.788. The summed E-state index contributed by atoms with van der Waals surface area (Å²) in [5.74, 6) is -0.530. The van der Waals surface area contributed by atoms with E-state index >= 15 is 0 Å². The lowest BCUT2D eigenvalue weighted by Gasteiger charge is -2.24. The maximum atomic E-state index is 12.5. The minimum Gasteiger partial charge on any atom is -0.469 e. The van der Waals surface area contributed by atoms with E-state index in [9.17, 15) is 9.59 Å². The van der Waals surface area contributed by atoms with Gasteiger partial charge in [0.1, 0.15) is 5.69 Å². The first-order valence-corrected chi connectivity index (χ1v) is 7.10. The van der Waals surface area contributed by atoms with Gasteiger partial charge < -0.3 is 14.4 Å². The molecule has 0 bridgehead atoms. The zero-order valence-electron chi connectivity index (χ0n) is 12.4. The molecular formula is C14H21N3O4. The first-order chi connectivity index (χ1) is 10.1. The molecule has 21 heavy (non-hydrogen) atoms. The Kier molecular flexibility index (Phi) is 5.32. The molecule has 1 aromatic rings. The van der Waals surface area contributed by atoms with Crippen LogP contribution in [0.25, 0.3) is 0 Å². The van der Waals surface area contributed by atoms with E-state index in [1.54, 1.807) is 11.0 Å². The van der Waals surface area contributed by atoms with Crippen LogP contribution < -0.4 is 0 Å². The number of aromatic amines is 1. The number of ether oxygens (including phenoxy) is 2. The second-order valence-corrected chi connectivity index (χ2v) is 5.15. The highest BCUT2D eigenvalue weighted by atomic mass is 16.5. The Hall–Kier alpha value is -1.89. The number of rotatable bonds is 6. The lowest BCUT2D eigenvalue weighted by Crippen LogP contribution is -2.39. The summed E-state index contributed by atoms with van der Waals surface area (Å²) in [6.07, 6.45) is 2.14. The largest absolute Gasteiger partial charge is 0.469 e. The lowest BCUT2D eigenvalue weighted by atomic mass is 10.2. The molecule has 1 aromatic heterocycles. The highest BCUT2D eigenvalue weighted by Gasteiger charge is 2.25. The second kappa shape index (κ2) is 7.21. The van der Waals surface area contributed by atoms with Crippen LogP contribution in [0, 0.1) is 6.92 Å². The summed E-state index contributed by atoms with van der Waals surface area (Å²) in [4.78, 5) is 25.4. The number of H-pyrrole nitrogens is 1. The Labute approximate surface area is 123 Å². The van der Waals surface area contributed by atoms with Crippen molar-refractivity contribution in [3.05, 3.63) is 17.5 Å². The first-order valence-electron chi connectivity index (χ1n) is 7.10. The van der Waals surface area contributed by atoms with Gasteiger partial charge in [-0.2, -0.15) is 5.10 Å². The zero-order chi connectivity index (χ0) is 15.2. The lowest BCUT2D eigenvalue weighted by molar-refractivity contribution is -0.140. The molecule has 0 aromatic carbocycles. The molecule has 2 heterocycles. The number of carbonyl (C=O) groups is 2. The summed E-state index contributed by atoms with van der Waals surface area (Å²) >= 11 is 0. The van der Waals surface area contributed by atoms with Crippen LogP contribution in [0.2, 0.25) is 0 Å². The van der Waals surface area contributed by atoms with Gasteiger partial charge >= 0.3 is 5.97 Å². The number of amides is 1. The number of carbonyl (C=O) groups excluding carboxylic acids is 2. The number of nitrogens with one attached hydrogen (secondary N) is 1. The molecule has 1 aliphatic rings. The van der Waals surface area contributed by atoms with Crippen LogP contribution in [0.3, 0.4) is 0 Å². The van der Waals surface area contributed by atoms with Crippen molar-refractivity contribution in [2.75, 3.05) is 26.8 Å². The molecule has 1 aliphatic heterocycles. The topological polar surface area (TPSA) is 84.5 Å². The third-order valence-corrected chi connectivity index (χ3v) is 3.47. The van der Waals surface area contributed by atoms with Crippen LogP contribution in [0.4, 0.5) is 0 Å². The predicted octanol–water partition coefficient (Wildman–Crippen LogP) is 0.902. The maximum absolute atomic E-state index is 12.5. The molecule has 0 aliphatic carbocycles. The van der Waals surface area contributed by atoms with Gasteiger partial charge in [0.2, 0.25) is 0 Å².